The SMILES string of the molecule is C=C(C(C)C)C(C)/C=C(\C)C(=O)NC.C=O.C=O.COc1ccc(Cl)c(C)c1.Cc1cc(F)cc(F)c1. The van der Waals surface area contributed by atoms with Gasteiger partial charge in [0.2, 0.25) is 5.91 Å². The predicted molar refractivity (Wildman–Crippen MR) is 149 cm³/mol. The lowest BCUT2D eigenvalue weighted by atomic mass is 9.91. The number of likely N-dealkylation sites (N-methyl/N-ethyl adjacent to an activating group) is 1. The fourth-order valence-corrected chi connectivity index (χ4v) is 2.83. The van der Waals surface area contributed by atoms with Gasteiger partial charge in [-0.05, 0) is 74.1 Å². The molecule has 1 atom stereocenters. The zero-order valence-electron chi connectivity index (χ0n) is 23.1. The van der Waals surface area contributed by atoms with E-state index in [9.17, 15) is 13.6 Å². The Morgan fingerprint density at radius 2 is 1.49 bits per heavy atom. The average molecular weight is 540 g/mol. The van der Waals surface area contributed by atoms with E-state index in [1.54, 1.807) is 21.1 Å². The fourth-order valence-electron chi connectivity index (χ4n) is 2.72. The highest BCUT2D eigenvalue weighted by Crippen LogP contribution is 2.21. The van der Waals surface area contributed by atoms with Crippen molar-refractivity contribution in [3.05, 3.63) is 88.0 Å². The molecule has 2 aromatic carbocycles. The van der Waals surface area contributed by atoms with Gasteiger partial charge in [0.25, 0.3) is 0 Å². The van der Waals surface area contributed by atoms with Crippen molar-refractivity contribution < 1.29 is 27.9 Å². The van der Waals surface area contributed by atoms with E-state index < -0.39 is 11.6 Å². The Morgan fingerprint density at radius 1 is 1.00 bits per heavy atom. The van der Waals surface area contributed by atoms with Crippen molar-refractivity contribution in [3.63, 3.8) is 0 Å². The summed E-state index contributed by atoms with van der Waals surface area (Å²) in [5.74, 6) is 0.501. The molecule has 0 aliphatic heterocycles. The monoisotopic (exact) mass is 539 g/mol. The molecule has 0 radical (unpaired) electrons. The lowest BCUT2D eigenvalue weighted by Crippen LogP contribution is -2.19. The quantitative estimate of drug-likeness (QED) is 0.325. The number of carbonyl (C=O) groups is 3. The number of amides is 1. The number of hydrogen-bond donors (Lipinski definition) is 1. The van der Waals surface area contributed by atoms with E-state index in [0.29, 0.717) is 11.5 Å². The van der Waals surface area contributed by atoms with Gasteiger partial charge in [0.15, 0.2) is 0 Å². The summed E-state index contributed by atoms with van der Waals surface area (Å²) in [4.78, 5) is 27.2. The number of aryl methyl sites for hydroxylation is 2. The van der Waals surface area contributed by atoms with Crippen LogP contribution in [-0.4, -0.2) is 33.6 Å². The minimum atomic E-state index is -0.521. The number of methoxy groups -OCH3 is 1. The molecule has 1 unspecified atom stereocenters. The summed E-state index contributed by atoms with van der Waals surface area (Å²) in [7, 11) is 3.28. The number of hydrogen-bond acceptors (Lipinski definition) is 4. The maximum absolute atomic E-state index is 12.2. The molecule has 0 heterocycles. The lowest BCUT2D eigenvalue weighted by Gasteiger charge is -2.15. The third-order valence-corrected chi connectivity index (χ3v) is 5.21. The van der Waals surface area contributed by atoms with Gasteiger partial charge >= 0.3 is 0 Å². The molecule has 2 rings (SSSR count). The maximum atomic E-state index is 12.2. The highest BCUT2D eigenvalue weighted by molar-refractivity contribution is 6.31. The van der Waals surface area contributed by atoms with Gasteiger partial charge in [-0.25, -0.2) is 8.78 Å². The van der Waals surface area contributed by atoms with Gasteiger partial charge in [-0.3, -0.25) is 4.79 Å². The molecule has 0 saturated heterocycles. The first kappa shape index (κ1) is 38.2. The molecule has 8 heteroatoms. The summed E-state index contributed by atoms with van der Waals surface area (Å²) >= 11 is 5.78. The second-order valence-electron chi connectivity index (χ2n) is 8.01. The Labute approximate surface area is 225 Å². The normalized spacial score (nSPS) is 10.4. The maximum Gasteiger partial charge on any atom is 0.246 e. The highest BCUT2D eigenvalue weighted by Gasteiger charge is 2.09. The molecular formula is C29H40ClF2NO4. The van der Waals surface area contributed by atoms with Crippen LogP contribution >= 0.6 is 11.6 Å². The van der Waals surface area contributed by atoms with E-state index >= 15 is 0 Å². The number of carbonyl (C=O) groups excluding carboxylic acids is 3. The molecule has 1 N–H and O–H groups in total. The molecule has 0 spiro atoms. The second-order valence-corrected chi connectivity index (χ2v) is 8.42. The summed E-state index contributed by atoms with van der Waals surface area (Å²) in [6.07, 6.45) is 1.96. The molecule has 0 saturated carbocycles. The van der Waals surface area contributed by atoms with Gasteiger partial charge in [0, 0.05) is 23.7 Å². The second kappa shape index (κ2) is 21.9. The Balaban J connectivity index is -0.000000447. The highest BCUT2D eigenvalue weighted by atomic mass is 35.5. The molecule has 206 valence electrons. The molecule has 0 aliphatic carbocycles. The van der Waals surface area contributed by atoms with Crippen molar-refractivity contribution >= 4 is 31.1 Å². The van der Waals surface area contributed by atoms with Crippen molar-refractivity contribution in [2.45, 2.75) is 41.5 Å². The van der Waals surface area contributed by atoms with Crippen LogP contribution in [0.1, 0.15) is 38.8 Å². The van der Waals surface area contributed by atoms with Gasteiger partial charge in [0.1, 0.15) is 31.0 Å². The summed E-state index contributed by atoms with van der Waals surface area (Å²) < 4.78 is 29.4. The summed E-state index contributed by atoms with van der Waals surface area (Å²) in [6.45, 7) is 19.7. The Kier molecular flexibility index (Phi) is 22.6. The van der Waals surface area contributed by atoms with E-state index in [1.165, 1.54) is 12.1 Å². The molecule has 0 fully saturated rings. The Bertz CT molecular complexity index is 941. The minimum absolute atomic E-state index is 0.0200. The smallest absolute Gasteiger partial charge is 0.246 e. The van der Waals surface area contributed by atoms with Crippen molar-refractivity contribution in [1.29, 1.82) is 0 Å². The number of allylic oxidation sites excluding steroid dienone is 2. The fraction of sp³-hybridized carbons (Fsp3) is 0.345. The molecule has 37 heavy (non-hydrogen) atoms. The van der Waals surface area contributed by atoms with Gasteiger partial charge in [-0.2, -0.15) is 0 Å². The van der Waals surface area contributed by atoms with E-state index in [4.69, 9.17) is 25.9 Å². The number of nitrogens with one attached hydrogen (secondary N) is 1. The topological polar surface area (TPSA) is 72.5 Å². The van der Waals surface area contributed by atoms with Gasteiger partial charge in [-0.1, -0.05) is 50.6 Å². The summed E-state index contributed by atoms with van der Waals surface area (Å²) in [5.41, 5.74) is 3.56. The van der Waals surface area contributed by atoms with Crippen LogP contribution in [-0.2, 0) is 14.4 Å². The van der Waals surface area contributed by atoms with Crippen LogP contribution in [0.15, 0.2) is 60.2 Å². The molecule has 0 aromatic heterocycles. The largest absolute Gasteiger partial charge is 0.497 e. The number of ether oxygens (including phenoxy) is 1. The third kappa shape index (κ3) is 17.7. The predicted octanol–water partition coefficient (Wildman–Crippen LogP) is 7.09. The Morgan fingerprint density at radius 3 is 1.84 bits per heavy atom. The van der Waals surface area contributed by atoms with E-state index in [1.807, 2.05) is 51.7 Å². The van der Waals surface area contributed by atoms with Crippen molar-refractivity contribution in [1.82, 2.24) is 5.32 Å². The average Bonchev–Trinajstić information content (AvgIpc) is 2.86. The number of halogens is 3. The molecule has 0 aliphatic rings. The first-order chi connectivity index (χ1) is 17.3. The van der Waals surface area contributed by atoms with Crippen LogP contribution in [0.4, 0.5) is 8.78 Å². The first-order valence-electron chi connectivity index (χ1n) is 11.2. The molecule has 1 amide bonds. The van der Waals surface area contributed by atoms with Crippen LogP contribution in [0, 0.1) is 37.3 Å². The summed E-state index contributed by atoms with van der Waals surface area (Å²) in [6, 6.07) is 8.99. The molecular weight excluding hydrogens is 500 g/mol. The van der Waals surface area contributed by atoms with Gasteiger partial charge in [-0.15, -0.1) is 0 Å². The first-order valence-corrected chi connectivity index (χ1v) is 11.6. The van der Waals surface area contributed by atoms with E-state index in [-0.39, 0.29) is 11.8 Å². The van der Waals surface area contributed by atoms with Crippen LogP contribution in [0.5, 0.6) is 5.75 Å². The van der Waals surface area contributed by atoms with Gasteiger partial charge < -0.3 is 19.6 Å². The van der Waals surface area contributed by atoms with Crippen molar-refractivity contribution in [2.24, 2.45) is 11.8 Å². The third-order valence-electron chi connectivity index (χ3n) is 4.78. The van der Waals surface area contributed by atoms with Crippen molar-refractivity contribution in [2.75, 3.05) is 14.2 Å². The zero-order chi connectivity index (χ0) is 29.7. The van der Waals surface area contributed by atoms with Crippen LogP contribution in [0.3, 0.4) is 0 Å². The van der Waals surface area contributed by atoms with E-state index in [0.717, 1.165) is 33.5 Å². The number of benzene rings is 2. The van der Waals surface area contributed by atoms with Crippen LogP contribution in [0.25, 0.3) is 0 Å². The summed E-state index contributed by atoms with van der Waals surface area (Å²) in [5, 5.41) is 3.38. The number of rotatable bonds is 5. The Hall–Kier alpha value is -3.32. The molecule has 0 bridgehead atoms. The van der Waals surface area contributed by atoms with Crippen molar-refractivity contribution in [3.8, 4) is 5.75 Å². The van der Waals surface area contributed by atoms with Crippen LogP contribution in [0.2, 0.25) is 5.02 Å². The minimum Gasteiger partial charge on any atom is -0.497 e. The molecule has 5 nitrogen and oxygen atoms in total. The van der Waals surface area contributed by atoms with Gasteiger partial charge in [0.05, 0.1) is 7.11 Å². The van der Waals surface area contributed by atoms with Crippen LogP contribution < -0.4 is 10.1 Å². The molecule has 2 aromatic rings. The lowest BCUT2D eigenvalue weighted by molar-refractivity contribution is -0.117. The van der Waals surface area contributed by atoms with E-state index in [2.05, 4.69) is 32.7 Å². The zero-order valence-corrected chi connectivity index (χ0v) is 23.8. The standard InChI is InChI=1S/C12H21NO.C8H9ClO.C7H6F2.2CH2O/c1-8(2)11(5)9(3)7-10(4)12(14)13-6;1-6-5-7(10-2)3-4-8(6)9;1-5-2-6(8)4-7(9)3-5;2*1-2/h7-9H,5H2,1-4,6H3,(H,13,14);3-5H,1-2H3;2-4H,1H3;2*1H2/b10-7+;;;;.